The minimum atomic E-state index is 0.223. The second kappa shape index (κ2) is 4.47. The molecule has 1 unspecified atom stereocenters. The van der Waals surface area contributed by atoms with Gasteiger partial charge in [0.25, 0.3) is 0 Å². The van der Waals surface area contributed by atoms with E-state index in [0.29, 0.717) is 0 Å². The zero-order chi connectivity index (χ0) is 10.8. The van der Waals surface area contributed by atoms with Crippen molar-refractivity contribution in [2.75, 3.05) is 7.05 Å². The molecule has 0 bridgehead atoms. The third-order valence-corrected chi connectivity index (χ3v) is 3.79. The van der Waals surface area contributed by atoms with Crippen LogP contribution in [0.4, 0.5) is 0 Å². The van der Waals surface area contributed by atoms with Crippen molar-refractivity contribution >= 4 is 27.3 Å². The normalized spacial score (nSPS) is 13.0. The second-order valence-electron chi connectivity index (χ2n) is 3.35. The van der Waals surface area contributed by atoms with E-state index in [2.05, 4.69) is 37.8 Å². The van der Waals surface area contributed by atoms with Gasteiger partial charge in [0, 0.05) is 18.8 Å². The van der Waals surface area contributed by atoms with Gasteiger partial charge in [-0.3, -0.25) is 4.68 Å². The van der Waals surface area contributed by atoms with Crippen molar-refractivity contribution in [3.05, 3.63) is 38.8 Å². The van der Waals surface area contributed by atoms with Crippen molar-refractivity contribution in [2.45, 2.75) is 6.04 Å². The number of halogens is 1. The van der Waals surface area contributed by atoms with Gasteiger partial charge >= 0.3 is 0 Å². The molecule has 0 spiro atoms. The lowest BCUT2D eigenvalue weighted by molar-refractivity contribution is 0.691. The Hall–Kier alpha value is -0.650. The van der Waals surface area contributed by atoms with E-state index in [1.54, 1.807) is 11.3 Å². The Bertz CT molecular complexity index is 409. The van der Waals surface area contributed by atoms with Crippen LogP contribution in [-0.2, 0) is 7.05 Å². The van der Waals surface area contributed by atoms with Gasteiger partial charge in [-0.15, -0.1) is 11.3 Å². The third-order valence-electron chi connectivity index (χ3n) is 2.27. The van der Waals surface area contributed by atoms with Crippen LogP contribution >= 0.6 is 27.3 Å². The topological polar surface area (TPSA) is 29.9 Å². The largest absolute Gasteiger partial charge is 0.309 e. The Balaban J connectivity index is 2.32. The van der Waals surface area contributed by atoms with Gasteiger partial charge in [0.15, 0.2) is 0 Å². The van der Waals surface area contributed by atoms with Crippen LogP contribution in [0.3, 0.4) is 0 Å². The van der Waals surface area contributed by atoms with E-state index in [-0.39, 0.29) is 6.04 Å². The third kappa shape index (κ3) is 2.30. The Morgan fingerprint density at radius 1 is 1.53 bits per heavy atom. The van der Waals surface area contributed by atoms with Crippen LogP contribution in [0.25, 0.3) is 0 Å². The summed E-state index contributed by atoms with van der Waals surface area (Å²) in [5, 5.41) is 9.63. The number of hydrogen-bond acceptors (Lipinski definition) is 3. The van der Waals surface area contributed by atoms with Crippen molar-refractivity contribution in [1.29, 1.82) is 0 Å². The van der Waals surface area contributed by atoms with Gasteiger partial charge in [-0.2, -0.15) is 5.10 Å². The fourth-order valence-electron chi connectivity index (χ4n) is 1.59. The molecule has 1 N–H and O–H groups in total. The number of nitrogens with one attached hydrogen (secondary N) is 1. The second-order valence-corrected chi connectivity index (χ2v) is 5.64. The molecule has 0 radical (unpaired) electrons. The molecular weight excluding hydrogens is 274 g/mol. The molecular formula is C10H12BrN3S. The molecule has 0 aromatic carbocycles. The summed E-state index contributed by atoms with van der Waals surface area (Å²) in [5.41, 5.74) is 2.45. The highest BCUT2D eigenvalue weighted by molar-refractivity contribution is 9.11. The molecule has 2 aromatic heterocycles. The Morgan fingerprint density at radius 3 is 2.80 bits per heavy atom. The lowest BCUT2D eigenvalue weighted by Crippen LogP contribution is -2.16. The van der Waals surface area contributed by atoms with Crippen LogP contribution in [0.15, 0.2) is 27.6 Å². The lowest BCUT2D eigenvalue weighted by Gasteiger charge is -2.12. The van der Waals surface area contributed by atoms with Crippen molar-refractivity contribution in [3.8, 4) is 0 Å². The molecule has 15 heavy (non-hydrogen) atoms. The first kappa shape index (κ1) is 10.9. The van der Waals surface area contributed by atoms with E-state index in [0.717, 1.165) is 3.79 Å². The van der Waals surface area contributed by atoms with E-state index in [1.807, 2.05) is 31.2 Å². The number of rotatable bonds is 3. The number of hydrogen-bond donors (Lipinski definition) is 1. The van der Waals surface area contributed by atoms with Gasteiger partial charge in [-0.25, -0.2) is 0 Å². The summed E-state index contributed by atoms with van der Waals surface area (Å²) in [7, 11) is 3.89. The van der Waals surface area contributed by atoms with Gasteiger partial charge in [0.1, 0.15) is 0 Å². The monoisotopic (exact) mass is 285 g/mol. The summed E-state index contributed by atoms with van der Waals surface area (Å²) >= 11 is 5.18. The molecule has 5 heteroatoms. The highest BCUT2D eigenvalue weighted by Crippen LogP contribution is 2.28. The number of thiophene rings is 1. The number of aromatic nitrogens is 2. The molecule has 3 nitrogen and oxygen atoms in total. The zero-order valence-electron chi connectivity index (χ0n) is 8.57. The van der Waals surface area contributed by atoms with Crippen molar-refractivity contribution in [3.63, 3.8) is 0 Å². The van der Waals surface area contributed by atoms with Crippen LogP contribution in [-0.4, -0.2) is 16.8 Å². The molecule has 80 valence electrons. The highest BCUT2D eigenvalue weighted by atomic mass is 79.9. The first-order valence-electron chi connectivity index (χ1n) is 4.60. The maximum atomic E-state index is 4.19. The summed E-state index contributed by atoms with van der Waals surface area (Å²) in [4.78, 5) is 0. The fourth-order valence-corrected chi connectivity index (χ4v) is 2.79. The molecule has 0 aliphatic rings. The molecule has 0 fully saturated rings. The van der Waals surface area contributed by atoms with E-state index < -0.39 is 0 Å². The number of aryl methyl sites for hydroxylation is 1. The van der Waals surface area contributed by atoms with Crippen LogP contribution in [0.5, 0.6) is 0 Å². The molecule has 0 amide bonds. The smallest absolute Gasteiger partial charge is 0.0701 e. The summed E-state index contributed by atoms with van der Waals surface area (Å²) in [6.45, 7) is 0. The summed E-state index contributed by atoms with van der Waals surface area (Å²) in [6, 6.07) is 2.36. The summed E-state index contributed by atoms with van der Waals surface area (Å²) in [6.07, 6.45) is 3.93. The summed E-state index contributed by atoms with van der Waals surface area (Å²) in [5.74, 6) is 0. The Labute approximate surface area is 101 Å². The molecule has 1 atom stereocenters. The van der Waals surface area contributed by atoms with Crippen LogP contribution in [0, 0.1) is 0 Å². The lowest BCUT2D eigenvalue weighted by atomic mass is 10.1. The van der Waals surface area contributed by atoms with Crippen molar-refractivity contribution < 1.29 is 0 Å². The Morgan fingerprint density at radius 2 is 2.33 bits per heavy atom. The van der Waals surface area contributed by atoms with Crippen LogP contribution in [0.1, 0.15) is 17.2 Å². The van der Waals surface area contributed by atoms with Gasteiger partial charge in [0.05, 0.1) is 16.0 Å². The van der Waals surface area contributed by atoms with E-state index >= 15 is 0 Å². The maximum Gasteiger partial charge on any atom is 0.0701 e. The fraction of sp³-hybridized carbons (Fsp3) is 0.300. The molecule has 0 saturated heterocycles. The quantitative estimate of drug-likeness (QED) is 0.939. The first-order chi connectivity index (χ1) is 7.20. The molecule has 2 heterocycles. The zero-order valence-corrected chi connectivity index (χ0v) is 11.0. The van der Waals surface area contributed by atoms with E-state index in [9.17, 15) is 0 Å². The SMILES string of the molecule is CNC(c1csc(Br)c1)c1cnn(C)c1. The predicted octanol–water partition coefficient (Wildman–Crippen LogP) is 2.55. The maximum absolute atomic E-state index is 4.19. The van der Waals surface area contributed by atoms with Crippen molar-refractivity contribution in [2.24, 2.45) is 7.05 Å². The Kier molecular flexibility index (Phi) is 3.23. The predicted molar refractivity (Wildman–Crippen MR) is 66.1 cm³/mol. The van der Waals surface area contributed by atoms with Crippen molar-refractivity contribution in [1.82, 2.24) is 15.1 Å². The first-order valence-corrected chi connectivity index (χ1v) is 6.27. The average Bonchev–Trinajstić information content (AvgIpc) is 2.78. The minimum absolute atomic E-state index is 0.223. The van der Waals surface area contributed by atoms with Gasteiger partial charge in [0.2, 0.25) is 0 Å². The highest BCUT2D eigenvalue weighted by Gasteiger charge is 2.14. The number of nitrogens with zero attached hydrogens (tertiary/aromatic N) is 2. The molecule has 0 aliphatic heterocycles. The minimum Gasteiger partial charge on any atom is -0.309 e. The molecule has 2 rings (SSSR count). The van der Waals surface area contributed by atoms with Crippen LogP contribution in [0.2, 0.25) is 0 Å². The van der Waals surface area contributed by atoms with Gasteiger partial charge in [-0.1, -0.05) is 0 Å². The standard InChI is InChI=1S/C10H12BrN3S/c1-12-10(7-3-9(11)15-6-7)8-4-13-14(2)5-8/h3-6,10,12H,1-2H3. The van der Waals surface area contributed by atoms with Crippen LogP contribution < -0.4 is 5.32 Å². The molecule has 0 aliphatic carbocycles. The van der Waals surface area contributed by atoms with Gasteiger partial charge in [-0.05, 0) is 40.0 Å². The summed E-state index contributed by atoms with van der Waals surface area (Å²) < 4.78 is 2.97. The molecule has 2 aromatic rings. The van der Waals surface area contributed by atoms with E-state index in [1.165, 1.54) is 11.1 Å². The van der Waals surface area contributed by atoms with Gasteiger partial charge < -0.3 is 5.32 Å². The average molecular weight is 286 g/mol. The van der Waals surface area contributed by atoms with E-state index in [4.69, 9.17) is 0 Å². The molecule has 0 saturated carbocycles.